The van der Waals surface area contributed by atoms with Gasteiger partial charge in [-0.2, -0.15) is 0 Å². The Balaban J connectivity index is 3.92. The molecule has 0 aromatic rings. The molecule has 0 aliphatic heterocycles. The van der Waals surface area contributed by atoms with Crippen LogP contribution >= 0.6 is 0 Å². The maximum Gasteiger partial charge on any atom is 0.146 e. The number of azide groups is 1. The van der Waals surface area contributed by atoms with Crippen molar-refractivity contribution in [2.45, 2.75) is 44.8 Å². The summed E-state index contributed by atoms with van der Waals surface area (Å²) < 4.78 is 9.79. The molecular formula is C10H21N3O3. The highest BCUT2D eigenvalue weighted by Gasteiger charge is 2.17. The van der Waals surface area contributed by atoms with Gasteiger partial charge in [-0.3, -0.25) is 0 Å². The average Bonchev–Trinajstić information content (AvgIpc) is 2.28. The Morgan fingerprint density at radius 1 is 1.44 bits per heavy atom. The van der Waals surface area contributed by atoms with Crippen molar-refractivity contribution in [3.8, 4) is 0 Å². The highest BCUT2D eigenvalue weighted by Crippen LogP contribution is 2.10. The maximum atomic E-state index is 9.78. The maximum absolute atomic E-state index is 9.78. The van der Waals surface area contributed by atoms with Crippen molar-refractivity contribution in [3.05, 3.63) is 10.4 Å². The van der Waals surface area contributed by atoms with Crippen LogP contribution in [-0.2, 0) is 9.47 Å². The van der Waals surface area contributed by atoms with E-state index in [2.05, 4.69) is 16.9 Å². The zero-order chi connectivity index (χ0) is 12.2. The third-order valence-corrected chi connectivity index (χ3v) is 2.24. The Labute approximate surface area is 96.2 Å². The van der Waals surface area contributed by atoms with Gasteiger partial charge in [0.15, 0.2) is 0 Å². The summed E-state index contributed by atoms with van der Waals surface area (Å²) in [6.07, 6.45) is 3.09. The number of hydrogen-bond acceptors (Lipinski definition) is 4. The largest absolute Gasteiger partial charge is 0.393 e. The summed E-state index contributed by atoms with van der Waals surface area (Å²) in [4.78, 5) is 2.71. The first kappa shape index (κ1) is 15.2. The summed E-state index contributed by atoms with van der Waals surface area (Å²) in [7, 11) is 1.51. The molecule has 0 aromatic carbocycles. The van der Waals surface area contributed by atoms with Crippen LogP contribution in [0.15, 0.2) is 5.11 Å². The lowest BCUT2D eigenvalue weighted by Crippen LogP contribution is -2.29. The van der Waals surface area contributed by atoms with Crippen LogP contribution in [0.25, 0.3) is 10.4 Å². The van der Waals surface area contributed by atoms with Crippen LogP contribution in [0.1, 0.15) is 32.6 Å². The van der Waals surface area contributed by atoms with Crippen molar-refractivity contribution in [2.75, 3.05) is 20.5 Å². The Bertz CT molecular complexity index is 207. The third-order valence-electron chi connectivity index (χ3n) is 2.24. The van der Waals surface area contributed by atoms with Crippen molar-refractivity contribution >= 4 is 0 Å². The molecule has 0 rings (SSSR count). The van der Waals surface area contributed by atoms with Gasteiger partial charge < -0.3 is 14.6 Å². The fourth-order valence-electron chi connectivity index (χ4n) is 1.34. The number of rotatable bonds is 10. The topological polar surface area (TPSA) is 87.5 Å². The van der Waals surface area contributed by atoms with E-state index in [1.165, 1.54) is 7.11 Å². The zero-order valence-corrected chi connectivity index (χ0v) is 10.0. The smallest absolute Gasteiger partial charge is 0.146 e. The van der Waals surface area contributed by atoms with Gasteiger partial charge in [-0.15, -0.1) is 0 Å². The quantitative estimate of drug-likeness (QED) is 0.205. The summed E-state index contributed by atoms with van der Waals surface area (Å²) >= 11 is 0. The Hall–Kier alpha value is -0.810. The van der Waals surface area contributed by atoms with E-state index in [9.17, 15) is 5.11 Å². The minimum Gasteiger partial charge on any atom is -0.393 e. The summed E-state index contributed by atoms with van der Waals surface area (Å²) in [5, 5.41) is 13.3. The molecular weight excluding hydrogens is 210 g/mol. The first-order chi connectivity index (χ1) is 7.76. The number of unbranched alkanes of at least 4 members (excludes halogenated alkanes) is 2. The predicted octanol–water partition coefficient (Wildman–Crippen LogP) is 2.23. The number of ether oxygens (including phenoxy) is 2. The predicted molar refractivity (Wildman–Crippen MR) is 60.9 cm³/mol. The monoisotopic (exact) mass is 231 g/mol. The second-order valence-electron chi connectivity index (χ2n) is 3.61. The van der Waals surface area contributed by atoms with Gasteiger partial charge in [0, 0.05) is 12.0 Å². The molecule has 0 spiro atoms. The van der Waals surface area contributed by atoms with Crippen LogP contribution in [0.2, 0.25) is 0 Å². The molecule has 0 unspecified atom stereocenters. The van der Waals surface area contributed by atoms with E-state index in [4.69, 9.17) is 15.0 Å². The van der Waals surface area contributed by atoms with E-state index in [0.717, 1.165) is 19.3 Å². The minimum absolute atomic E-state index is 0.138. The molecule has 2 atom stereocenters. The third kappa shape index (κ3) is 7.48. The molecule has 0 fully saturated rings. The fraction of sp³-hybridized carbons (Fsp3) is 1.00. The van der Waals surface area contributed by atoms with Crippen molar-refractivity contribution < 1.29 is 14.6 Å². The van der Waals surface area contributed by atoms with Gasteiger partial charge >= 0.3 is 0 Å². The van der Waals surface area contributed by atoms with Crippen LogP contribution in [0.4, 0.5) is 0 Å². The molecule has 0 saturated heterocycles. The van der Waals surface area contributed by atoms with E-state index < -0.39 is 12.1 Å². The van der Waals surface area contributed by atoms with Gasteiger partial charge in [-0.1, -0.05) is 31.3 Å². The molecule has 0 aliphatic carbocycles. The summed E-state index contributed by atoms with van der Waals surface area (Å²) in [5.74, 6) is 0. The number of aliphatic hydroxyl groups excluding tert-OH is 1. The first-order valence-electron chi connectivity index (χ1n) is 5.55. The molecule has 94 valence electrons. The molecule has 1 N–H and O–H groups in total. The van der Waals surface area contributed by atoms with Crippen molar-refractivity contribution in [2.24, 2.45) is 5.11 Å². The van der Waals surface area contributed by atoms with Crippen molar-refractivity contribution in [1.29, 1.82) is 0 Å². The normalized spacial score (nSPS) is 14.2. The van der Waals surface area contributed by atoms with Crippen LogP contribution in [0.5, 0.6) is 0 Å². The van der Waals surface area contributed by atoms with Gasteiger partial charge in [0.05, 0.1) is 18.8 Å². The van der Waals surface area contributed by atoms with E-state index in [1.54, 1.807) is 0 Å². The van der Waals surface area contributed by atoms with Crippen molar-refractivity contribution in [1.82, 2.24) is 0 Å². The highest BCUT2D eigenvalue weighted by molar-refractivity contribution is 4.75. The highest BCUT2D eigenvalue weighted by atomic mass is 16.7. The molecule has 0 aliphatic rings. The Morgan fingerprint density at radius 3 is 2.75 bits per heavy atom. The molecule has 0 radical (unpaired) electrons. The van der Waals surface area contributed by atoms with Crippen molar-refractivity contribution in [3.63, 3.8) is 0 Å². The molecule has 0 saturated carbocycles. The second kappa shape index (κ2) is 10.7. The first-order valence-corrected chi connectivity index (χ1v) is 5.55. The summed E-state index contributed by atoms with van der Waals surface area (Å²) in [5.41, 5.74) is 8.37. The number of aliphatic hydroxyl groups is 1. The fourth-order valence-corrected chi connectivity index (χ4v) is 1.34. The number of nitrogens with zero attached hydrogens (tertiary/aromatic N) is 3. The van der Waals surface area contributed by atoms with E-state index in [0.29, 0.717) is 6.42 Å². The molecule has 0 heterocycles. The van der Waals surface area contributed by atoms with E-state index in [-0.39, 0.29) is 13.4 Å². The van der Waals surface area contributed by atoms with Gasteiger partial charge in [-0.05, 0) is 12.0 Å². The van der Waals surface area contributed by atoms with Crippen LogP contribution in [0.3, 0.4) is 0 Å². The molecule has 0 amide bonds. The van der Waals surface area contributed by atoms with Gasteiger partial charge in [-0.25, -0.2) is 0 Å². The summed E-state index contributed by atoms with van der Waals surface area (Å²) in [6, 6.07) is -0.531. The standard InChI is InChI=1S/C10H21N3O3/c1-3-4-5-6-10(14)9(12-13-11)7-16-8-15-2/h9-10,14H,3-8H2,1-2H3/t9-,10+/m0/s1. The van der Waals surface area contributed by atoms with Crippen LogP contribution in [-0.4, -0.2) is 37.8 Å². The number of methoxy groups -OCH3 is 1. The molecule has 0 bridgehead atoms. The van der Waals surface area contributed by atoms with Crippen LogP contribution < -0.4 is 0 Å². The summed E-state index contributed by atoms with van der Waals surface area (Å²) in [6.45, 7) is 2.42. The zero-order valence-electron chi connectivity index (χ0n) is 10.0. The molecule has 6 nitrogen and oxygen atoms in total. The van der Waals surface area contributed by atoms with Crippen LogP contribution in [0, 0.1) is 0 Å². The SMILES string of the molecule is CCCCC[C@@H](O)[C@H](COCOC)N=[N+]=[N-]. The molecule has 0 aromatic heterocycles. The van der Waals surface area contributed by atoms with Gasteiger partial charge in [0.2, 0.25) is 0 Å². The van der Waals surface area contributed by atoms with E-state index >= 15 is 0 Å². The molecule has 6 heteroatoms. The number of hydrogen-bond donors (Lipinski definition) is 1. The lowest BCUT2D eigenvalue weighted by Gasteiger charge is -2.17. The van der Waals surface area contributed by atoms with Gasteiger partial charge in [0.25, 0.3) is 0 Å². The van der Waals surface area contributed by atoms with E-state index in [1.807, 2.05) is 0 Å². The Kier molecular flexibility index (Phi) is 10.2. The second-order valence-corrected chi connectivity index (χ2v) is 3.61. The average molecular weight is 231 g/mol. The molecule has 16 heavy (non-hydrogen) atoms. The lowest BCUT2D eigenvalue weighted by molar-refractivity contribution is -0.0467. The van der Waals surface area contributed by atoms with Gasteiger partial charge in [0.1, 0.15) is 6.79 Å². The minimum atomic E-state index is -0.640. The lowest BCUT2D eigenvalue weighted by atomic mass is 10.1. The Morgan fingerprint density at radius 2 is 2.19 bits per heavy atom.